The lowest BCUT2D eigenvalue weighted by molar-refractivity contribution is 0.0117. The molecule has 0 unspecified atom stereocenters. The van der Waals surface area contributed by atoms with E-state index in [4.69, 9.17) is 9.47 Å². The molecule has 0 spiro atoms. The van der Waals surface area contributed by atoms with E-state index in [0.717, 1.165) is 24.0 Å². The van der Waals surface area contributed by atoms with Gasteiger partial charge in [0.25, 0.3) is 0 Å². The number of aromatic nitrogens is 1. The molecule has 8 heteroatoms. The topological polar surface area (TPSA) is 80.8 Å². The molecule has 26 heavy (non-hydrogen) atoms. The van der Waals surface area contributed by atoms with Crippen LogP contribution in [0.4, 0.5) is 0 Å². The number of fused-ring (bicyclic) bond motifs is 1. The Morgan fingerprint density at radius 2 is 2.00 bits per heavy atom. The van der Waals surface area contributed by atoms with E-state index in [2.05, 4.69) is 14.6 Å². The van der Waals surface area contributed by atoms with E-state index >= 15 is 0 Å². The van der Waals surface area contributed by atoms with Gasteiger partial charge in [-0.25, -0.2) is 13.1 Å². The van der Waals surface area contributed by atoms with Gasteiger partial charge in [0.1, 0.15) is 4.90 Å². The SMILES string of the molecule is Cc1cc(S(=O)(=O)N[C@H]2COC[C@@H]2N2CCOCC2)c2ncccc2c1. The van der Waals surface area contributed by atoms with Crippen LogP contribution in [-0.4, -0.2) is 69.9 Å². The summed E-state index contributed by atoms with van der Waals surface area (Å²) in [5.41, 5.74) is 1.38. The molecule has 1 aromatic carbocycles. The summed E-state index contributed by atoms with van der Waals surface area (Å²) in [7, 11) is -3.71. The number of ether oxygens (including phenoxy) is 2. The van der Waals surface area contributed by atoms with Crippen LogP contribution >= 0.6 is 0 Å². The molecule has 0 amide bonds. The molecule has 0 saturated carbocycles. The fourth-order valence-corrected chi connectivity index (χ4v) is 5.21. The second-order valence-corrected chi connectivity index (χ2v) is 8.50. The Morgan fingerprint density at radius 1 is 1.19 bits per heavy atom. The first-order valence-corrected chi connectivity index (χ1v) is 10.3. The number of aryl methyl sites for hydroxylation is 1. The van der Waals surface area contributed by atoms with Gasteiger partial charge >= 0.3 is 0 Å². The van der Waals surface area contributed by atoms with Crippen molar-refractivity contribution in [2.75, 3.05) is 39.5 Å². The van der Waals surface area contributed by atoms with Crippen LogP contribution in [0, 0.1) is 6.92 Å². The molecule has 2 fully saturated rings. The van der Waals surface area contributed by atoms with Crippen molar-refractivity contribution in [2.45, 2.75) is 23.9 Å². The van der Waals surface area contributed by atoms with Gasteiger partial charge < -0.3 is 9.47 Å². The van der Waals surface area contributed by atoms with Crippen molar-refractivity contribution in [1.82, 2.24) is 14.6 Å². The molecule has 2 saturated heterocycles. The molecule has 0 aliphatic carbocycles. The Balaban J connectivity index is 1.63. The van der Waals surface area contributed by atoms with Crippen LogP contribution in [-0.2, 0) is 19.5 Å². The van der Waals surface area contributed by atoms with E-state index in [9.17, 15) is 8.42 Å². The fourth-order valence-electron chi connectivity index (χ4n) is 3.69. The highest BCUT2D eigenvalue weighted by molar-refractivity contribution is 7.89. The minimum Gasteiger partial charge on any atom is -0.379 e. The predicted molar refractivity (Wildman–Crippen MR) is 97.6 cm³/mol. The smallest absolute Gasteiger partial charge is 0.243 e. The van der Waals surface area contributed by atoms with E-state index in [-0.39, 0.29) is 17.0 Å². The van der Waals surface area contributed by atoms with Gasteiger partial charge in [0.2, 0.25) is 10.0 Å². The van der Waals surface area contributed by atoms with Gasteiger partial charge in [0.15, 0.2) is 0 Å². The van der Waals surface area contributed by atoms with Crippen molar-refractivity contribution < 1.29 is 17.9 Å². The summed E-state index contributed by atoms with van der Waals surface area (Å²) in [4.78, 5) is 6.76. The van der Waals surface area contributed by atoms with Crippen LogP contribution in [0.15, 0.2) is 35.4 Å². The van der Waals surface area contributed by atoms with Crippen molar-refractivity contribution in [1.29, 1.82) is 0 Å². The van der Waals surface area contributed by atoms with Gasteiger partial charge in [-0.05, 0) is 30.7 Å². The van der Waals surface area contributed by atoms with Crippen molar-refractivity contribution in [3.8, 4) is 0 Å². The maximum Gasteiger partial charge on any atom is 0.243 e. The highest BCUT2D eigenvalue weighted by Gasteiger charge is 2.37. The molecule has 0 radical (unpaired) electrons. The zero-order valence-electron chi connectivity index (χ0n) is 14.7. The first-order chi connectivity index (χ1) is 12.5. The molecule has 1 aromatic heterocycles. The summed E-state index contributed by atoms with van der Waals surface area (Å²) < 4.78 is 40.1. The van der Waals surface area contributed by atoms with Crippen LogP contribution in [0.2, 0.25) is 0 Å². The second-order valence-electron chi connectivity index (χ2n) is 6.82. The fraction of sp³-hybridized carbons (Fsp3) is 0.500. The minimum absolute atomic E-state index is 0.0257. The molecule has 7 nitrogen and oxygen atoms in total. The number of benzene rings is 1. The first-order valence-electron chi connectivity index (χ1n) is 8.82. The maximum atomic E-state index is 13.1. The van der Waals surface area contributed by atoms with E-state index in [1.807, 2.05) is 25.1 Å². The average molecular weight is 377 g/mol. The third-order valence-corrected chi connectivity index (χ3v) is 6.48. The quantitative estimate of drug-likeness (QED) is 0.854. The monoisotopic (exact) mass is 377 g/mol. The lowest BCUT2D eigenvalue weighted by atomic mass is 10.1. The Morgan fingerprint density at radius 3 is 2.81 bits per heavy atom. The van der Waals surface area contributed by atoms with E-state index < -0.39 is 10.0 Å². The van der Waals surface area contributed by atoms with Gasteiger partial charge in [-0.1, -0.05) is 6.07 Å². The van der Waals surface area contributed by atoms with Crippen LogP contribution < -0.4 is 4.72 Å². The maximum absolute atomic E-state index is 13.1. The minimum atomic E-state index is -3.71. The summed E-state index contributed by atoms with van der Waals surface area (Å²) in [6.07, 6.45) is 1.62. The number of hydrogen-bond acceptors (Lipinski definition) is 6. The summed E-state index contributed by atoms with van der Waals surface area (Å²) >= 11 is 0. The summed E-state index contributed by atoms with van der Waals surface area (Å²) in [6, 6.07) is 7.05. The number of morpholine rings is 1. The number of sulfonamides is 1. The molecule has 2 aromatic rings. The third kappa shape index (κ3) is 3.47. The van der Waals surface area contributed by atoms with Gasteiger partial charge in [0, 0.05) is 24.7 Å². The predicted octanol–water partition coefficient (Wildman–Crippen LogP) is 0.921. The molecule has 2 aliphatic heterocycles. The van der Waals surface area contributed by atoms with E-state index in [1.54, 1.807) is 12.3 Å². The Labute approximate surface area is 153 Å². The third-order valence-electron chi connectivity index (χ3n) is 4.98. The van der Waals surface area contributed by atoms with Crippen LogP contribution in [0.5, 0.6) is 0 Å². The molecular formula is C18H23N3O4S. The number of hydrogen-bond donors (Lipinski definition) is 1. The largest absolute Gasteiger partial charge is 0.379 e. The average Bonchev–Trinajstić information content (AvgIpc) is 3.09. The summed E-state index contributed by atoms with van der Waals surface area (Å²) in [5, 5.41) is 0.820. The highest BCUT2D eigenvalue weighted by atomic mass is 32.2. The van der Waals surface area contributed by atoms with E-state index in [1.165, 1.54) is 0 Å². The lowest BCUT2D eigenvalue weighted by Gasteiger charge is -2.34. The Kier molecular flexibility index (Phi) is 4.94. The lowest BCUT2D eigenvalue weighted by Crippen LogP contribution is -2.54. The number of pyridine rings is 1. The normalized spacial score (nSPS) is 25.0. The molecule has 4 rings (SSSR count). The van der Waals surface area contributed by atoms with Gasteiger partial charge in [-0.2, -0.15) is 0 Å². The van der Waals surface area contributed by atoms with Gasteiger partial charge in [-0.15, -0.1) is 0 Å². The van der Waals surface area contributed by atoms with Crippen molar-refractivity contribution >= 4 is 20.9 Å². The molecular weight excluding hydrogens is 354 g/mol. The van der Waals surface area contributed by atoms with Crippen molar-refractivity contribution in [2.24, 2.45) is 0 Å². The number of rotatable bonds is 4. The molecule has 2 atom stereocenters. The summed E-state index contributed by atoms with van der Waals surface area (Å²) in [6.45, 7) is 5.71. The molecule has 0 bridgehead atoms. The van der Waals surface area contributed by atoms with Crippen LogP contribution in [0.25, 0.3) is 10.9 Å². The highest BCUT2D eigenvalue weighted by Crippen LogP contribution is 2.24. The van der Waals surface area contributed by atoms with Crippen molar-refractivity contribution in [3.05, 3.63) is 36.0 Å². The Hall–Kier alpha value is -1.58. The zero-order valence-corrected chi connectivity index (χ0v) is 15.5. The molecule has 1 N–H and O–H groups in total. The van der Waals surface area contributed by atoms with Gasteiger partial charge in [0.05, 0.1) is 44.0 Å². The Bertz CT molecular complexity index is 896. The number of nitrogens with zero attached hydrogens (tertiary/aromatic N) is 2. The first kappa shape index (κ1) is 17.8. The molecule has 3 heterocycles. The second kappa shape index (κ2) is 7.21. The van der Waals surface area contributed by atoms with Gasteiger partial charge in [-0.3, -0.25) is 9.88 Å². The van der Waals surface area contributed by atoms with Crippen molar-refractivity contribution in [3.63, 3.8) is 0 Å². The number of nitrogens with one attached hydrogen (secondary N) is 1. The van der Waals surface area contributed by atoms with Crippen LogP contribution in [0.3, 0.4) is 0 Å². The zero-order chi connectivity index (χ0) is 18.1. The van der Waals surface area contributed by atoms with E-state index in [0.29, 0.717) is 31.9 Å². The summed E-state index contributed by atoms with van der Waals surface area (Å²) in [5.74, 6) is 0. The van der Waals surface area contributed by atoms with Crippen LogP contribution in [0.1, 0.15) is 5.56 Å². The standard InChI is InChI=1S/C18H23N3O4S/c1-13-9-14-3-2-4-19-18(14)17(10-13)26(22,23)20-15-11-25-12-16(15)21-5-7-24-8-6-21/h2-4,9-10,15-16,20H,5-8,11-12H2,1H3/t15-,16-/m0/s1. The molecule has 140 valence electrons. The molecule has 2 aliphatic rings.